The van der Waals surface area contributed by atoms with Crippen LogP contribution < -0.4 is 9.47 Å². The number of hydrogen-bond donors (Lipinski definition) is 0. The first-order chi connectivity index (χ1) is 12.7. The minimum Gasteiger partial charge on any atom is -0.454 e. The van der Waals surface area contributed by atoms with Crippen LogP contribution in [0.2, 0.25) is 0 Å². The molecule has 2 amide bonds. The molecule has 3 aromatic carbocycles. The highest BCUT2D eigenvalue weighted by Crippen LogP contribution is 2.32. The maximum Gasteiger partial charge on any atom is 0.282 e. The Hall–Kier alpha value is -3.67. The number of carbonyl (C=O) groups is 2. The van der Waals surface area contributed by atoms with Gasteiger partial charge in [0.05, 0.1) is 17.3 Å². The van der Waals surface area contributed by atoms with Gasteiger partial charge in [-0.1, -0.05) is 24.3 Å². The molecule has 0 saturated carbocycles. The van der Waals surface area contributed by atoms with Gasteiger partial charge in [0.1, 0.15) is 0 Å². The topological polar surface area (TPSA) is 68.2 Å². The molecule has 26 heavy (non-hydrogen) atoms. The van der Waals surface area contributed by atoms with E-state index in [1.807, 2.05) is 12.1 Å². The van der Waals surface area contributed by atoms with Crippen LogP contribution in [0.25, 0.3) is 10.8 Å². The van der Waals surface area contributed by atoms with E-state index in [4.69, 9.17) is 9.47 Å². The van der Waals surface area contributed by atoms with E-state index in [-0.39, 0.29) is 6.79 Å². The smallest absolute Gasteiger partial charge is 0.282 e. The first-order valence-corrected chi connectivity index (χ1v) is 8.06. The second-order valence-electron chi connectivity index (χ2n) is 5.99. The van der Waals surface area contributed by atoms with Gasteiger partial charge in [-0.05, 0) is 41.3 Å². The van der Waals surface area contributed by atoms with Crippen molar-refractivity contribution >= 4 is 28.8 Å². The van der Waals surface area contributed by atoms with Crippen LogP contribution in [-0.2, 0) is 0 Å². The molecule has 0 bridgehead atoms. The summed E-state index contributed by atoms with van der Waals surface area (Å²) in [6.07, 6.45) is 1.46. The summed E-state index contributed by atoms with van der Waals surface area (Å²) in [5.41, 5.74) is 1.65. The molecule has 0 unspecified atom stereocenters. The SMILES string of the molecule is O=C1c2cccc3cccc(c23)C(=O)N1N=Cc1ccc2c(c1)OCO2. The Morgan fingerprint density at radius 3 is 2.31 bits per heavy atom. The van der Waals surface area contributed by atoms with E-state index < -0.39 is 11.8 Å². The minimum absolute atomic E-state index is 0.180. The van der Waals surface area contributed by atoms with Gasteiger partial charge in [-0.15, -0.1) is 0 Å². The van der Waals surface area contributed by atoms with Crippen LogP contribution in [0, 0.1) is 0 Å². The lowest BCUT2D eigenvalue weighted by Gasteiger charge is -2.22. The second kappa shape index (κ2) is 5.42. The Morgan fingerprint density at radius 2 is 1.58 bits per heavy atom. The van der Waals surface area contributed by atoms with Crippen LogP contribution in [0.15, 0.2) is 59.7 Å². The molecule has 126 valence electrons. The summed E-state index contributed by atoms with van der Waals surface area (Å²) in [6, 6.07) is 16.1. The minimum atomic E-state index is -0.434. The van der Waals surface area contributed by atoms with Crippen molar-refractivity contribution in [3.05, 3.63) is 71.3 Å². The van der Waals surface area contributed by atoms with Gasteiger partial charge in [0, 0.05) is 5.39 Å². The highest BCUT2D eigenvalue weighted by atomic mass is 16.7. The second-order valence-corrected chi connectivity index (χ2v) is 5.99. The Kier molecular flexibility index (Phi) is 3.05. The first-order valence-electron chi connectivity index (χ1n) is 8.06. The Labute approximate surface area is 148 Å². The normalized spacial score (nSPS) is 15.3. The quantitative estimate of drug-likeness (QED) is 0.529. The molecular formula is C20H12N2O4. The average Bonchev–Trinajstić information content (AvgIpc) is 3.13. The Bertz CT molecular complexity index is 1070. The fourth-order valence-electron chi connectivity index (χ4n) is 3.24. The molecule has 2 aliphatic heterocycles. The van der Waals surface area contributed by atoms with Gasteiger partial charge in [0.25, 0.3) is 11.8 Å². The van der Waals surface area contributed by atoms with Gasteiger partial charge in [-0.3, -0.25) is 9.59 Å². The summed E-state index contributed by atoms with van der Waals surface area (Å²) < 4.78 is 10.6. The van der Waals surface area contributed by atoms with E-state index in [1.165, 1.54) is 6.21 Å². The number of nitrogens with zero attached hydrogens (tertiary/aromatic N) is 2. The number of benzene rings is 3. The van der Waals surface area contributed by atoms with E-state index in [1.54, 1.807) is 42.5 Å². The van der Waals surface area contributed by atoms with Crippen molar-refractivity contribution in [2.75, 3.05) is 6.79 Å². The molecule has 0 atom stereocenters. The van der Waals surface area contributed by atoms with Gasteiger partial charge in [0.2, 0.25) is 6.79 Å². The van der Waals surface area contributed by atoms with E-state index in [9.17, 15) is 9.59 Å². The summed E-state index contributed by atoms with van der Waals surface area (Å²) in [4.78, 5) is 25.5. The fraction of sp³-hybridized carbons (Fsp3) is 0.0500. The lowest BCUT2D eigenvalue weighted by atomic mass is 9.95. The van der Waals surface area contributed by atoms with Gasteiger partial charge >= 0.3 is 0 Å². The van der Waals surface area contributed by atoms with Crippen molar-refractivity contribution in [2.24, 2.45) is 5.10 Å². The Morgan fingerprint density at radius 1 is 0.885 bits per heavy atom. The summed E-state index contributed by atoms with van der Waals surface area (Å²) >= 11 is 0. The molecule has 0 aromatic heterocycles. The van der Waals surface area contributed by atoms with E-state index in [0.717, 1.165) is 10.4 Å². The predicted molar refractivity (Wildman–Crippen MR) is 94.6 cm³/mol. The lowest BCUT2D eigenvalue weighted by Crippen LogP contribution is -2.36. The standard InChI is InChI=1S/C20H12N2O4/c23-19-14-5-1-3-13-4-2-6-15(18(13)14)20(24)22(19)21-10-12-7-8-16-17(9-12)26-11-25-16/h1-10H,11H2. The molecule has 2 heterocycles. The van der Waals surface area contributed by atoms with Crippen LogP contribution in [0.3, 0.4) is 0 Å². The van der Waals surface area contributed by atoms with Crippen molar-refractivity contribution in [3.8, 4) is 11.5 Å². The maximum atomic E-state index is 12.8. The number of imide groups is 1. The third kappa shape index (κ3) is 2.09. The van der Waals surface area contributed by atoms with Crippen LogP contribution in [0.1, 0.15) is 26.3 Å². The zero-order valence-corrected chi connectivity index (χ0v) is 13.5. The van der Waals surface area contributed by atoms with Crippen molar-refractivity contribution in [1.29, 1.82) is 0 Å². The molecule has 0 N–H and O–H groups in total. The van der Waals surface area contributed by atoms with Gasteiger partial charge in [-0.25, -0.2) is 0 Å². The van der Waals surface area contributed by atoms with Crippen molar-refractivity contribution in [3.63, 3.8) is 0 Å². The van der Waals surface area contributed by atoms with E-state index in [0.29, 0.717) is 33.6 Å². The van der Waals surface area contributed by atoms with Gasteiger partial charge in [0.15, 0.2) is 11.5 Å². The number of hydrazone groups is 1. The molecule has 0 saturated heterocycles. The number of amides is 2. The molecule has 6 nitrogen and oxygen atoms in total. The van der Waals surface area contributed by atoms with Crippen LogP contribution in [0.5, 0.6) is 11.5 Å². The van der Waals surface area contributed by atoms with Crippen molar-refractivity contribution < 1.29 is 19.1 Å². The summed E-state index contributed by atoms with van der Waals surface area (Å²) in [7, 11) is 0. The average molecular weight is 344 g/mol. The molecular weight excluding hydrogens is 332 g/mol. The Balaban J connectivity index is 1.54. The summed E-state index contributed by atoms with van der Waals surface area (Å²) in [6.45, 7) is 0.180. The summed E-state index contributed by atoms with van der Waals surface area (Å²) in [5, 5.41) is 6.59. The molecule has 0 aliphatic carbocycles. The molecule has 0 fully saturated rings. The number of rotatable bonds is 2. The molecule has 3 aromatic rings. The molecule has 0 spiro atoms. The van der Waals surface area contributed by atoms with Crippen molar-refractivity contribution in [1.82, 2.24) is 5.01 Å². The zero-order valence-electron chi connectivity index (χ0n) is 13.5. The highest BCUT2D eigenvalue weighted by molar-refractivity contribution is 6.25. The molecule has 0 radical (unpaired) electrons. The number of ether oxygens (including phenoxy) is 2. The number of hydrogen-bond acceptors (Lipinski definition) is 5. The largest absolute Gasteiger partial charge is 0.454 e. The predicted octanol–water partition coefficient (Wildman–Crippen LogP) is 3.20. The summed E-state index contributed by atoms with van der Waals surface area (Å²) in [5.74, 6) is 0.404. The molecule has 5 rings (SSSR count). The van der Waals surface area contributed by atoms with Gasteiger partial charge < -0.3 is 9.47 Å². The lowest BCUT2D eigenvalue weighted by molar-refractivity contribution is 0.0616. The van der Waals surface area contributed by atoms with Crippen molar-refractivity contribution in [2.45, 2.75) is 0 Å². The highest BCUT2D eigenvalue weighted by Gasteiger charge is 2.32. The van der Waals surface area contributed by atoms with Crippen LogP contribution in [0.4, 0.5) is 0 Å². The van der Waals surface area contributed by atoms with Crippen LogP contribution in [-0.4, -0.2) is 29.8 Å². The third-order valence-electron chi connectivity index (χ3n) is 4.47. The fourth-order valence-corrected chi connectivity index (χ4v) is 3.24. The molecule has 6 heteroatoms. The maximum absolute atomic E-state index is 12.8. The van der Waals surface area contributed by atoms with Crippen LogP contribution >= 0.6 is 0 Å². The monoisotopic (exact) mass is 344 g/mol. The number of fused-ring (bicyclic) bond motifs is 1. The first kappa shape index (κ1) is 14.7. The molecule has 2 aliphatic rings. The number of carbonyl (C=O) groups excluding carboxylic acids is 2. The van der Waals surface area contributed by atoms with E-state index >= 15 is 0 Å². The van der Waals surface area contributed by atoms with E-state index in [2.05, 4.69) is 5.10 Å². The van der Waals surface area contributed by atoms with Gasteiger partial charge in [-0.2, -0.15) is 10.1 Å². The third-order valence-corrected chi connectivity index (χ3v) is 4.47. The zero-order chi connectivity index (χ0) is 17.7.